The number of esters is 1. The van der Waals surface area contributed by atoms with Gasteiger partial charge >= 0.3 is 13.7 Å². The first kappa shape index (κ1) is 28.8. The fourth-order valence-electron chi connectivity index (χ4n) is 4.10. The molecule has 1 fully saturated rings. The van der Waals surface area contributed by atoms with Gasteiger partial charge in [-0.1, -0.05) is 39.0 Å². The molecule has 3 aromatic rings. The average molecular weight is 563 g/mol. The van der Waals surface area contributed by atoms with Crippen LogP contribution in [0.2, 0.25) is 0 Å². The molecule has 1 saturated heterocycles. The highest BCUT2D eigenvalue weighted by atomic mass is 31.2. The Morgan fingerprint density at radius 1 is 1.28 bits per heavy atom. The number of imidazole rings is 1. The van der Waals surface area contributed by atoms with Crippen molar-refractivity contribution in [2.24, 2.45) is 11.8 Å². The topological polar surface area (TPSA) is 162 Å². The number of aromatic nitrogens is 4. The first-order valence-electron chi connectivity index (χ1n) is 12.9. The fourth-order valence-corrected chi connectivity index (χ4v) is 5.44. The zero-order valence-electron chi connectivity index (χ0n) is 22.5. The zero-order valence-corrected chi connectivity index (χ0v) is 23.4. The molecule has 1 unspecified atom stereocenters. The minimum absolute atomic E-state index is 0.00230. The second-order valence-electron chi connectivity index (χ2n) is 9.43. The Kier molecular flexibility index (Phi) is 9.39. The van der Waals surface area contributed by atoms with E-state index in [1.54, 1.807) is 49.0 Å². The quantitative estimate of drug-likeness (QED) is 0.177. The summed E-state index contributed by atoms with van der Waals surface area (Å²) >= 11 is 0. The maximum atomic E-state index is 13.6. The van der Waals surface area contributed by atoms with E-state index in [0.717, 1.165) is 0 Å². The SMILES string of the molecule is CCOc1nc(N)nc2c1ncn2[C@@H]1O[C@H](COP(=O)(NCCOC(=O)C(C)C)Oc2ccccc2)C[C@@H]1C. The summed E-state index contributed by atoms with van der Waals surface area (Å²) in [5.74, 6) is 0.211. The van der Waals surface area contributed by atoms with Gasteiger partial charge in [0.15, 0.2) is 11.2 Å². The van der Waals surface area contributed by atoms with E-state index in [1.807, 2.05) is 19.9 Å². The number of ether oxygens (including phenoxy) is 3. The molecule has 212 valence electrons. The van der Waals surface area contributed by atoms with Crippen LogP contribution in [0.4, 0.5) is 5.95 Å². The maximum absolute atomic E-state index is 13.6. The Morgan fingerprint density at radius 3 is 2.77 bits per heavy atom. The van der Waals surface area contributed by atoms with Crippen molar-refractivity contribution in [3.05, 3.63) is 36.7 Å². The molecule has 0 bridgehead atoms. The average Bonchev–Trinajstić information content (AvgIpc) is 3.49. The minimum Gasteiger partial charge on any atom is -0.476 e. The van der Waals surface area contributed by atoms with Crippen molar-refractivity contribution < 1.29 is 32.6 Å². The summed E-state index contributed by atoms with van der Waals surface area (Å²) in [6, 6.07) is 8.70. The number of carbonyl (C=O) groups is 1. The molecule has 39 heavy (non-hydrogen) atoms. The van der Waals surface area contributed by atoms with E-state index in [0.29, 0.717) is 35.8 Å². The van der Waals surface area contributed by atoms with Gasteiger partial charge in [0.1, 0.15) is 18.6 Å². The summed E-state index contributed by atoms with van der Waals surface area (Å²) in [6.07, 6.45) is 1.45. The highest BCUT2D eigenvalue weighted by Crippen LogP contribution is 2.45. The Morgan fingerprint density at radius 2 is 2.05 bits per heavy atom. The second kappa shape index (κ2) is 12.7. The predicted octanol–water partition coefficient (Wildman–Crippen LogP) is 3.72. The van der Waals surface area contributed by atoms with Crippen molar-refractivity contribution >= 4 is 30.8 Å². The zero-order chi connectivity index (χ0) is 28.0. The number of nitrogen functional groups attached to an aromatic ring is 1. The predicted molar refractivity (Wildman–Crippen MR) is 143 cm³/mol. The van der Waals surface area contributed by atoms with Crippen molar-refractivity contribution in [1.29, 1.82) is 0 Å². The molecule has 13 nitrogen and oxygen atoms in total. The van der Waals surface area contributed by atoms with E-state index in [9.17, 15) is 9.36 Å². The van der Waals surface area contributed by atoms with Gasteiger partial charge in [-0.2, -0.15) is 9.97 Å². The van der Waals surface area contributed by atoms with E-state index < -0.39 is 14.0 Å². The van der Waals surface area contributed by atoms with Crippen LogP contribution in [0.15, 0.2) is 36.7 Å². The van der Waals surface area contributed by atoms with E-state index in [1.165, 1.54) is 0 Å². The lowest BCUT2D eigenvalue weighted by molar-refractivity contribution is -0.147. The molecular formula is C25H35N6O7P. The fraction of sp³-hybridized carbons (Fsp3) is 0.520. The van der Waals surface area contributed by atoms with Gasteiger partial charge in [-0.05, 0) is 25.5 Å². The molecule has 4 atom stereocenters. The molecule has 0 radical (unpaired) electrons. The number of hydrogen-bond acceptors (Lipinski definition) is 11. The summed E-state index contributed by atoms with van der Waals surface area (Å²) in [5, 5.41) is 2.78. The van der Waals surface area contributed by atoms with Gasteiger partial charge in [-0.3, -0.25) is 13.9 Å². The number of hydrogen-bond donors (Lipinski definition) is 2. The van der Waals surface area contributed by atoms with Crippen LogP contribution in [-0.2, 0) is 23.4 Å². The molecule has 0 saturated carbocycles. The number of nitrogens with one attached hydrogen (secondary N) is 1. The van der Waals surface area contributed by atoms with Crippen molar-refractivity contribution in [3.63, 3.8) is 0 Å². The molecule has 4 rings (SSSR count). The standard InChI is InChI=1S/C25H35N6O7P/c1-5-34-22-20-21(29-25(26)30-22)31(15-27-20)23-17(4)13-19(37-23)14-36-39(33,38-18-9-7-6-8-10-18)28-11-12-35-24(32)16(2)3/h6-10,15-17,19,23H,5,11-14H2,1-4H3,(H,28,33)(H2,26,29,30)/t17-,19-,23+,39?/m0/s1. The first-order chi connectivity index (χ1) is 18.7. The number of carbonyl (C=O) groups excluding carboxylic acids is 1. The lowest BCUT2D eigenvalue weighted by Crippen LogP contribution is -2.26. The van der Waals surface area contributed by atoms with Crippen LogP contribution in [-0.4, -0.2) is 58.0 Å². The molecular weight excluding hydrogens is 527 g/mol. The van der Waals surface area contributed by atoms with Crippen LogP contribution >= 0.6 is 7.75 Å². The summed E-state index contributed by atoms with van der Waals surface area (Å²) in [7, 11) is -3.83. The number of anilines is 1. The molecule has 2 aromatic heterocycles. The summed E-state index contributed by atoms with van der Waals surface area (Å²) in [4.78, 5) is 24.6. The van der Waals surface area contributed by atoms with E-state index >= 15 is 0 Å². The lowest BCUT2D eigenvalue weighted by atomic mass is 10.1. The normalized spacial score (nSPS) is 20.7. The van der Waals surface area contributed by atoms with Crippen molar-refractivity contribution in [2.45, 2.75) is 46.4 Å². The first-order valence-corrected chi connectivity index (χ1v) is 14.4. The smallest absolute Gasteiger partial charge is 0.458 e. The van der Waals surface area contributed by atoms with Gasteiger partial charge < -0.3 is 24.5 Å². The molecule has 0 aliphatic carbocycles. The number of nitrogens with zero attached hydrogens (tertiary/aromatic N) is 4. The molecule has 0 amide bonds. The summed E-state index contributed by atoms with van der Waals surface area (Å²) in [6.45, 7) is 7.87. The van der Waals surface area contributed by atoms with E-state index in [2.05, 4.69) is 20.0 Å². The highest BCUT2D eigenvalue weighted by molar-refractivity contribution is 7.52. The van der Waals surface area contributed by atoms with E-state index in [4.69, 9.17) is 29.0 Å². The molecule has 1 aromatic carbocycles. The molecule has 1 aliphatic rings. The third-order valence-electron chi connectivity index (χ3n) is 5.94. The van der Waals surface area contributed by atoms with Crippen LogP contribution in [0.3, 0.4) is 0 Å². The maximum Gasteiger partial charge on any atom is 0.458 e. The van der Waals surface area contributed by atoms with Gasteiger partial charge in [-0.15, -0.1) is 0 Å². The van der Waals surface area contributed by atoms with Crippen LogP contribution in [0.25, 0.3) is 11.2 Å². The number of benzene rings is 1. The van der Waals surface area contributed by atoms with Crippen LogP contribution < -0.4 is 20.1 Å². The number of nitrogens with two attached hydrogens (primary N) is 1. The minimum atomic E-state index is -3.83. The molecule has 3 heterocycles. The van der Waals surface area contributed by atoms with Crippen molar-refractivity contribution in [3.8, 4) is 11.6 Å². The lowest BCUT2D eigenvalue weighted by Gasteiger charge is -2.22. The Hall–Kier alpha value is -3.25. The Labute approximate surface area is 226 Å². The van der Waals surface area contributed by atoms with E-state index in [-0.39, 0.29) is 49.6 Å². The molecule has 14 heteroatoms. The molecule has 1 aliphatic heterocycles. The van der Waals surface area contributed by atoms with Crippen LogP contribution in [0, 0.1) is 11.8 Å². The third-order valence-corrected chi connectivity index (χ3v) is 7.49. The number of rotatable bonds is 13. The Balaban J connectivity index is 1.43. The monoisotopic (exact) mass is 562 g/mol. The number of fused-ring (bicyclic) bond motifs is 1. The molecule has 3 N–H and O–H groups in total. The van der Waals surface area contributed by atoms with Gasteiger partial charge in [0.05, 0.1) is 31.6 Å². The summed E-state index contributed by atoms with van der Waals surface area (Å²) in [5.41, 5.74) is 6.89. The van der Waals surface area contributed by atoms with Crippen LogP contribution in [0.5, 0.6) is 11.6 Å². The largest absolute Gasteiger partial charge is 0.476 e. The van der Waals surface area contributed by atoms with Gasteiger partial charge in [0.2, 0.25) is 11.8 Å². The van der Waals surface area contributed by atoms with Crippen molar-refractivity contribution in [2.75, 3.05) is 32.1 Å². The molecule has 0 spiro atoms. The van der Waals surface area contributed by atoms with Gasteiger partial charge in [0.25, 0.3) is 0 Å². The highest BCUT2D eigenvalue weighted by Gasteiger charge is 2.37. The third kappa shape index (κ3) is 7.24. The summed E-state index contributed by atoms with van der Waals surface area (Å²) < 4.78 is 43.9. The van der Waals surface area contributed by atoms with Gasteiger partial charge in [0, 0.05) is 12.5 Å². The van der Waals surface area contributed by atoms with Crippen LogP contribution in [0.1, 0.15) is 40.3 Å². The number of para-hydroxylation sites is 1. The second-order valence-corrected chi connectivity index (χ2v) is 11.2. The van der Waals surface area contributed by atoms with Gasteiger partial charge in [-0.25, -0.2) is 14.6 Å². The Bertz CT molecular complexity index is 1300. The van der Waals surface area contributed by atoms with Crippen molar-refractivity contribution in [1.82, 2.24) is 24.6 Å².